The molecule has 0 bridgehead atoms. The number of ketones is 1. The number of urea groups is 1. The van der Waals surface area contributed by atoms with Crippen LogP contribution in [-0.4, -0.2) is 43.2 Å². The third-order valence-electron chi connectivity index (χ3n) is 3.73. The molecule has 1 aromatic rings. The fourth-order valence-electron chi connectivity index (χ4n) is 2.07. The number of carbonyl (C=O) groups is 3. The van der Waals surface area contributed by atoms with Crippen LogP contribution in [0.4, 0.5) is 4.79 Å². The highest BCUT2D eigenvalue weighted by atomic mass is 16.5. The average Bonchev–Trinajstić information content (AvgIpc) is 2.57. The van der Waals surface area contributed by atoms with Crippen molar-refractivity contribution in [2.75, 3.05) is 14.2 Å². The zero-order valence-corrected chi connectivity index (χ0v) is 15.7. The zero-order valence-electron chi connectivity index (χ0n) is 15.7. The molecule has 0 saturated heterocycles. The third-order valence-corrected chi connectivity index (χ3v) is 3.73. The molecule has 0 saturated carbocycles. The lowest BCUT2D eigenvalue weighted by Crippen LogP contribution is -2.47. The summed E-state index contributed by atoms with van der Waals surface area (Å²) in [6.07, 6.45) is -0.275. The number of benzene rings is 1. The van der Waals surface area contributed by atoms with E-state index < -0.39 is 23.5 Å². The molecular weight excluding hydrogens is 340 g/mol. The summed E-state index contributed by atoms with van der Waals surface area (Å²) in [4.78, 5) is 35.3. The number of methoxy groups -OCH3 is 2. The second-order valence-corrected chi connectivity index (χ2v) is 6.78. The van der Waals surface area contributed by atoms with Gasteiger partial charge in [-0.15, -0.1) is 0 Å². The summed E-state index contributed by atoms with van der Waals surface area (Å²) in [6, 6.07) is 3.20. The topological polar surface area (TPSA) is 114 Å². The number of carboxylic acid groups (broad SMARTS) is 1. The predicted octanol–water partition coefficient (Wildman–Crippen LogP) is 1.96. The smallest absolute Gasteiger partial charge is 0.326 e. The van der Waals surface area contributed by atoms with Crippen LogP contribution in [-0.2, 0) is 16.1 Å². The van der Waals surface area contributed by atoms with Gasteiger partial charge in [0.25, 0.3) is 0 Å². The highest BCUT2D eigenvalue weighted by Gasteiger charge is 2.29. The highest BCUT2D eigenvalue weighted by molar-refractivity contribution is 5.91. The van der Waals surface area contributed by atoms with E-state index in [0.29, 0.717) is 11.5 Å². The molecule has 0 aromatic heterocycles. The molecule has 3 N–H and O–H groups in total. The number of Topliss-reactive ketones (excluding diaryl/α,β-unsaturated/α-hetero) is 1. The number of ether oxygens (including phenoxy) is 2. The molecule has 1 unspecified atom stereocenters. The van der Waals surface area contributed by atoms with Crippen LogP contribution >= 0.6 is 0 Å². The minimum atomic E-state index is -1.29. The quantitative estimate of drug-likeness (QED) is 0.648. The van der Waals surface area contributed by atoms with Crippen LogP contribution in [0.15, 0.2) is 18.2 Å². The Morgan fingerprint density at radius 1 is 1.12 bits per heavy atom. The Kier molecular flexibility index (Phi) is 7.42. The first-order chi connectivity index (χ1) is 12.1. The van der Waals surface area contributed by atoms with Crippen LogP contribution in [0.5, 0.6) is 11.5 Å². The van der Waals surface area contributed by atoms with Crippen molar-refractivity contribution < 1.29 is 29.0 Å². The fraction of sp³-hybridized carbons (Fsp3) is 0.500. The van der Waals surface area contributed by atoms with Gasteiger partial charge in [0.05, 0.1) is 14.2 Å². The van der Waals surface area contributed by atoms with Crippen molar-refractivity contribution in [2.24, 2.45) is 5.41 Å². The molecule has 0 heterocycles. The van der Waals surface area contributed by atoms with Gasteiger partial charge in [-0.2, -0.15) is 0 Å². The minimum Gasteiger partial charge on any atom is -0.493 e. The van der Waals surface area contributed by atoms with E-state index in [1.54, 1.807) is 39.0 Å². The lowest BCUT2D eigenvalue weighted by molar-refractivity contribution is -0.142. The Hall–Kier alpha value is -2.77. The summed E-state index contributed by atoms with van der Waals surface area (Å²) in [5.41, 5.74) is 0.0707. The lowest BCUT2D eigenvalue weighted by atomic mass is 9.87. The Bertz CT molecular complexity index is 666. The molecule has 0 aliphatic carbocycles. The Morgan fingerprint density at radius 3 is 2.23 bits per heavy atom. The Labute approximate surface area is 152 Å². The van der Waals surface area contributed by atoms with Gasteiger partial charge in [-0.25, -0.2) is 9.59 Å². The van der Waals surface area contributed by atoms with E-state index in [2.05, 4.69) is 10.6 Å². The average molecular weight is 366 g/mol. The largest absolute Gasteiger partial charge is 0.493 e. The number of aliphatic carboxylic acids is 1. The van der Waals surface area contributed by atoms with Crippen molar-refractivity contribution in [1.29, 1.82) is 0 Å². The number of amides is 2. The maximum absolute atomic E-state index is 12.0. The summed E-state index contributed by atoms with van der Waals surface area (Å²) in [5.74, 6) is -0.423. The van der Waals surface area contributed by atoms with Crippen molar-refractivity contribution in [3.05, 3.63) is 23.8 Å². The molecule has 0 aliphatic rings. The molecule has 1 aromatic carbocycles. The van der Waals surface area contributed by atoms with Gasteiger partial charge >= 0.3 is 12.0 Å². The standard InChI is InChI=1S/C18H26N2O6/c1-18(2,3)15(21)9-12(16(22)23)20-17(24)19-10-11-6-7-13(25-4)14(8-11)26-5/h6-8,12H,9-10H2,1-5H3,(H,22,23)(H2,19,20,24). The Balaban J connectivity index is 2.66. The molecule has 0 aliphatic heterocycles. The molecule has 0 fully saturated rings. The summed E-state index contributed by atoms with van der Waals surface area (Å²) in [7, 11) is 3.03. The molecule has 0 spiro atoms. The summed E-state index contributed by atoms with van der Waals surface area (Å²) >= 11 is 0. The van der Waals surface area contributed by atoms with Crippen LogP contribution in [0.1, 0.15) is 32.8 Å². The maximum atomic E-state index is 12.0. The van der Waals surface area contributed by atoms with Gasteiger partial charge in [0.1, 0.15) is 11.8 Å². The number of hydrogen-bond donors (Lipinski definition) is 3. The van der Waals surface area contributed by atoms with Gasteiger partial charge in [0.2, 0.25) is 0 Å². The van der Waals surface area contributed by atoms with Gasteiger partial charge < -0.3 is 25.2 Å². The van der Waals surface area contributed by atoms with Crippen LogP contribution < -0.4 is 20.1 Å². The second kappa shape index (κ2) is 9.07. The molecule has 8 nitrogen and oxygen atoms in total. The number of carboxylic acids is 1. The molecule has 0 radical (unpaired) electrons. The van der Waals surface area contributed by atoms with Gasteiger partial charge in [-0.1, -0.05) is 26.8 Å². The van der Waals surface area contributed by atoms with Gasteiger partial charge in [0.15, 0.2) is 11.5 Å². The highest BCUT2D eigenvalue weighted by Crippen LogP contribution is 2.27. The van der Waals surface area contributed by atoms with Crippen molar-refractivity contribution in [2.45, 2.75) is 39.8 Å². The molecule has 1 atom stereocenters. The normalized spacial score (nSPS) is 12.0. The van der Waals surface area contributed by atoms with E-state index in [0.717, 1.165) is 5.56 Å². The molecule has 144 valence electrons. The van der Waals surface area contributed by atoms with E-state index in [-0.39, 0.29) is 18.7 Å². The molecule has 26 heavy (non-hydrogen) atoms. The number of rotatable bonds is 8. The summed E-state index contributed by atoms with van der Waals surface area (Å²) in [6.45, 7) is 5.26. The maximum Gasteiger partial charge on any atom is 0.326 e. The minimum absolute atomic E-state index is 0.158. The summed E-state index contributed by atoms with van der Waals surface area (Å²) in [5, 5.41) is 14.1. The SMILES string of the molecule is COc1ccc(CNC(=O)NC(CC(=O)C(C)(C)C)C(=O)O)cc1OC. The second-order valence-electron chi connectivity index (χ2n) is 6.78. The first kappa shape index (κ1) is 21.3. The van der Waals surface area contributed by atoms with E-state index in [4.69, 9.17) is 9.47 Å². The van der Waals surface area contributed by atoms with Gasteiger partial charge in [-0.3, -0.25) is 4.79 Å². The van der Waals surface area contributed by atoms with Crippen LogP contribution in [0.25, 0.3) is 0 Å². The molecule has 2 amide bonds. The first-order valence-electron chi connectivity index (χ1n) is 8.10. The first-order valence-corrected chi connectivity index (χ1v) is 8.10. The van der Waals surface area contributed by atoms with Crippen molar-refractivity contribution in [3.63, 3.8) is 0 Å². The number of nitrogens with one attached hydrogen (secondary N) is 2. The third kappa shape index (κ3) is 6.27. The van der Waals surface area contributed by atoms with E-state index in [1.165, 1.54) is 14.2 Å². The monoisotopic (exact) mass is 366 g/mol. The molecule has 1 rings (SSSR count). The molecular formula is C18H26N2O6. The zero-order chi connectivity index (χ0) is 19.9. The van der Waals surface area contributed by atoms with Crippen LogP contribution in [0.2, 0.25) is 0 Å². The van der Waals surface area contributed by atoms with Crippen LogP contribution in [0, 0.1) is 5.41 Å². The molecule has 8 heteroatoms. The van der Waals surface area contributed by atoms with E-state index >= 15 is 0 Å². The number of carbonyl (C=O) groups excluding carboxylic acids is 2. The summed E-state index contributed by atoms with van der Waals surface area (Å²) < 4.78 is 10.3. The van der Waals surface area contributed by atoms with Crippen molar-refractivity contribution in [1.82, 2.24) is 10.6 Å². The predicted molar refractivity (Wildman–Crippen MR) is 95.4 cm³/mol. The van der Waals surface area contributed by atoms with Gasteiger partial charge in [-0.05, 0) is 17.7 Å². The van der Waals surface area contributed by atoms with Crippen molar-refractivity contribution in [3.8, 4) is 11.5 Å². The van der Waals surface area contributed by atoms with E-state index in [1.807, 2.05) is 0 Å². The van der Waals surface area contributed by atoms with E-state index in [9.17, 15) is 19.5 Å². The fourth-order valence-corrected chi connectivity index (χ4v) is 2.07. The Morgan fingerprint density at radius 2 is 1.73 bits per heavy atom. The lowest BCUT2D eigenvalue weighted by Gasteiger charge is -2.20. The van der Waals surface area contributed by atoms with Crippen molar-refractivity contribution >= 4 is 17.8 Å². The van der Waals surface area contributed by atoms with Crippen LogP contribution in [0.3, 0.4) is 0 Å². The number of hydrogen-bond acceptors (Lipinski definition) is 5. The van der Waals surface area contributed by atoms with Gasteiger partial charge in [0, 0.05) is 18.4 Å².